The van der Waals surface area contributed by atoms with Crippen molar-refractivity contribution in [3.05, 3.63) is 0 Å². The van der Waals surface area contributed by atoms with Crippen molar-refractivity contribution in [1.29, 1.82) is 0 Å². The molecular weight excluding hydrogens is 272 g/mol. The Morgan fingerprint density at radius 2 is 2.05 bits per heavy atom. The summed E-state index contributed by atoms with van der Waals surface area (Å²) in [6.45, 7) is 9.79. The third-order valence-electron chi connectivity index (χ3n) is 3.20. The van der Waals surface area contributed by atoms with Gasteiger partial charge in [0.25, 0.3) is 0 Å². The second-order valence-corrected chi connectivity index (χ2v) is 6.23. The Bertz CT molecular complexity index is 352. The Hall–Kier alpha value is -1.30. The first kappa shape index (κ1) is 17.8. The SMILES string of the molecule is CCOC(=O)CCNCC1CCCN1C(=O)OC(C)(C)C. The van der Waals surface area contributed by atoms with Gasteiger partial charge in [-0.15, -0.1) is 0 Å². The lowest BCUT2D eigenvalue weighted by molar-refractivity contribution is -0.142. The van der Waals surface area contributed by atoms with Gasteiger partial charge < -0.3 is 19.7 Å². The van der Waals surface area contributed by atoms with E-state index in [1.54, 1.807) is 11.8 Å². The normalized spacial score (nSPS) is 18.7. The molecule has 0 radical (unpaired) electrons. The molecule has 122 valence electrons. The van der Waals surface area contributed by atoms with Crippen LogP contribution in [0.25, 0.3) is 0 Å². The molecule has 6 nitrogen and oxygen atoms in total. The minimum atomic E-state index is -0.471. The number of likely N-dealkylation sites (tertiary alicyclic amines) is 1. The highest BCUT2D eigenvalue weighted by molar-refractivity contribution is 5.69. The molecule has 0 spiro atoms. The zero-order valence-electron chi connectivity index (χ0n) is 13.6. The van der Waals surface area contributed by atoms with Crippen LogP contribution in [0.3, 0.4) is 0 Å². The van der Waals surface area contributed by atoms with Crippen LogP contribution in [0.5, 0.6) is 0 Å². The van der Waals surface area contributed by atoms with Gasteiger partial charge in [-0.1, -0.05) is 0 Å². The summed E-state index contributed by atoms with van der Waals surface area (Å²) in [5.74, 6) is -0.194. The molecule has 0 aromatic rings. The van der Waals surface area contributed by atoms with Crippen LogP contribution in [-0.4, -0.2) is 54.8 Å². The summed E-state index contributed by atoms with van der Waals surface area (Å²) in [6.07, 6.45) is 2.06. The number of amides is 1. The van der Waals surface area contributed by atoms with Gasteiger partial charge in [-0.3, -0.25) is 4.79 Å². The van der Waals surface area contributed by atoms with E-state index < -0.39 is 5.60 Å². The number of nitrogens with zero attached hydrogens (tertiary/aromatic N) is 1. The Balaban J connectivity index is 2.30. The van der Waals surface area contributed by atoms with E-state index in [9.17, 15) is 9.59 Å². The molecule has 1 unspecified atom stereocenters. The molecule has 0 aromatic heterocycles. The van der Waals surface area contributed by atoms with Crippen LogP contribution in [0, 0.1) is 0 Å². The number of carbonyl (C=O) groups is 2. The van der Waals surface area contributed by atoms with Crippen LogP contribution in [0.2, 0.25) is 0 Å². The largest absolute Gasteiger partial charge is 0.466 e. The third kappa shape index (κ3) is 6.80. The molecule has 1 N–H and O–H groups in total. The maximum Gasteiger partial charge on any atom is 0.410 e. The molecule has 0 aromatic carbocycles. The fraction of sp³-hybridized carbons (Fsp3) is 0.867. The molecule has 0 aliphatic carbocycles. The Morgan fingerprint density at radius 3 is 2.67 bits per heavy atom. The van der Waals surface area contributed by atoms with E-state index in [1.807, 2.05) is 20.8 Å². The van der Waals surface area contributed by atoms with E-state index in [1.165, 1.54) is 0 Å². The van der Waals surface area contributed by atoms with Crippen molar-refractivity contribution in [1.82, 2.24) is 10.2 Å². The predicted octanol–water partition coefficient (Wildman–Crippen LogP) is 1.93. The van der Waals surface area contributed by atoms with Crippen molar-refractivity contribution >= 4 is 12.1 Å². The average Bonchev–Trinajstić information content (AvgIpc) is 2.81. The highest BCUT2D eigenvalue weighted by atomic mass is 16.6. The van der Waals surface area contributed by atoms with Crippen molar-refractivity contribution in [2.45, 2.75) is 58.6 Å². The summed E-state index contributed by atoms with van der Waals surface area (Å²) < 4.78 is 10.3. The number of carbonyl (C=O) groups excluding carboxylic acids is 2. The zero-order valence-corrected chi connectivity index (χ0v) is 13.6. The number of nitrogens with one attached hydrogen (secondary N) is 1. The minimum Gasteiger partial charge on any atom is -0.466 e. The molecule has 0 bridgehead atoms. The van der Waals surface area contributed by atoms with Crippen LogP contribution in [0.4, 0.5) is 4.79 Å². The zero-order chi connectivity index (χ0) is 15.9. The summed E-state index contributed by atoms with van der Waals surface area (Å²) in [5.41, 5.74) is -0.471. The van der Waals surface area contributed by atoms with Gasteiger partial charge in [0, 0.05) is 25.7 Å². The van der Waals surface area contributed by atoms with E-state index in [2.05, 4.69) is 5.32 Å². The Morgan fingerprint density at radius 1 is 1.33 bits per heavy atom. The van der Waals surface area contributed by atoms with Crippen LogP contribution in [0.1, 0.15) is 47.0 Å². The smallest absolute Gasteiger partial charge is 0.410 e. The van der Waals surface area contributed by atoms with Gasteiger partial charge in [-0.05, 0) is 40.5 Å². The number of ether oxygens (including phenoxy) is 2. The fourth-order valence-electron chi connectivity index (χ4n) is 2.30. The summed E-state index contributed by atoms with van der Waals surface area (Å²) in [4.78, 5) is 25.1. The second kappa shape index (κ2) is 8.22. The average molecular weight is 300 g/mol. The third-order valence-corrected chi connectivity index (χ3v) is 3.20. The molecule has 1 aliphatic heterocycles. The first-order chi connectivity index (χ1) is 9.83. The predicted molar refractivity (Wildman–Crippen MR) is 80.1 cm³/mol. The molecule has 1 amide bonds. The second-order valence-electron chi connectivity index (χ2n) is 6.23. The lowest BCUT2D eigenvalue weighted by atomic mass is 10.2. The van der Waals surface area contributed by atoms with Crippen LogP contribution in [0.15, 0.2) is 0 Å². The van der Waals surface area contributed by atoms with Gasteiger partial charge in [-0.25, -0.2) is 4.79 Å². The van der Waals surface area contributed by atoms with Crippen molar-refractivity contribution in [3.63, 3.8) is 0 Å². The van der Waals surface area contributed by atoms with Gasteiger partial charge in [0.1, 0.15) is 5.60 Å². The van der Waals surface area contributed by atoms with E-state index in [0.29, 0.717) is 26.1 Å². The van der Waals surface area contributed by atoms with Crippen LogP contribution >= 0.6 is 0 Å². The Labute approximate surface area is 127 Å². The maximum atomic E-state index is 12.1. The number of rotatable bonds is 6. The summed E-state index contributed by atoms with van der Waals surface area (Å²) in [5, 5.41) is 3.21. The summed E-state index contributed by atoms with van der Waals surface area (Å²) in [7, 11) is 0. The minimum absolute atomic E-state index is 0.141. The summed E-state index contributed by atoms with van der Waals surface area (Å²) in [6, 6.07) is 0.141. The molecule has 6 heteroatoms. The molecule has 0 saturated carbocycles. The van der Waals surface area contributed by atoms with Crippen LogP contribution < -0.4 is 5.32 Å². The molecule has 1 heterocycles. The highest BCUT2D eigenvalue weighted by Crippen LogP contribution is 2.20. The molecule has 1 aliphatic rings. The monoisotopic (exact) mass is 300 g/mol. The lowest BCUT2D eigenvalue weighted by Crippen LogP contribution is -2.44. The molecular formula is C15H28N2O4. The number of esters is 1. The van der Waals surface area contributed by atoms with Crippen molar-refractivity contribution in [3.8, 4) is 0 Å². The van der Waals surface area contributed by atoms with Gasteiger partial charge in [-0.2, -0.15) is 0 Å². The van der Waals surface area contributed by atoms with E-state index in [0.717, 1.165) is 19.4 Å². The topological polar surface area (TPSA) is 67.9 Å². The first-order valence-corrected chi connectivity index (χ1v) is 7.69. The Kier molecular flexibility index (Phi) is 6.95. The molecule has 1 atom stereocenters. The quantitative estimate of drug-likeness (QED) is 0.599. The highest BCUT2D eigenvalue weighted by Gasteiger charge is 2.31. The van der Waals surface area contributed by atoms with Gasteiger partial charge in [0.2, 0.25) is 0 Å². The van der Waals surface area contributed by atoms with Crippen molar-refractivity contribution < 1.29 is 19.1 Å². The standard InChI is InChI=1S/C15H28N2O4/c1-5-20-13(18)8-9-16-11-12-7-6-10-17(12)14(19)21-15(2,3)4/h12,16H,5-11H2,1-4H3. The summed E-state index contributed by atoms with van der Waals surface area (Å²) >= 11 is 0. The molecule has 1 rings (SSSR count). The first-order valence-electron chi connectivity index (χ1n) is 7.69. The number of hydrogen-bond donors (Lipinski definition) is 1. The van der Waals surface area contributed by atoms with Crippen LogP contribution in [-0.2, 0) is 14.3 Å². The van der Waals surface area contributed by atoms with Gasteiger partial charge >= 0.3 is 12.1 Å². The lowest BCUT2D eigenvalue weighted by Gasteiger charge is -2.28. The molecule has 1 saturated heterocycles. The van der Waals surface area contributed by atoms with Crippen molar-refractivity contribution in [2.75, 3.05) is 26.2 Å². The van der Waals surface area contributed by atoms with E-state index in [4.69, 9.17) is 9.47 Å². The van der Waals surface area contributed by atoms with Gasteiger partial charge in [0.15, 0.2) is 0 Å². The van der Waals surface area contributed by atoms with E-state index >= 15 is 0 Å². The fourth-order valence-corrected chi connectivity index (χ4v) is 2.30. The number of hydrogen-bond acceptors (Lipinski definition) is 5. The molecule has 1 fully saturated rings. The van der Waals surface area contributed by atoms with Gasteiger partial charge in [0.05, 0.1) is 13.0 Å². The maximum absolute atomic E-state index is 12.1. The van der Waals surface area contributed by atoms with Crippen molar-refractivity contribution in [2.24, 2.45) is 0 Å². The van der Waals surface area contributed by atoms with E-state index in [-0.39, 0.29) is 18.1 Å². The molecule has 21 heavy (non-hydrogen) atoms.